The van der Waals surface area contributed by atoms with E-state index < -0.39 is 0 Å². The third-order valence-corrected chi connectivity index (χ3v) is 7.99. The molecule has 7 heteroatoms. The number of hydrogen-bond donors (Lipinski definition) is 0. The lowest BCUT2D eigenvalue weighted by atomic mass is 10.1. The van der Waals surface area contributed by atoms with Crippen molar-refractivity contribution in [1.29, 1.82) is 0 Å². The van der Waals surface area contributed by atoms with Crippen molar-refractivity contribution in [3.63, 3.8) is 0 Å². The molecule has 182 valence electrons. The van der Waals surface area contributed by atoms with Crippen LogP contribution in [0.5, 0.6) is 5.75 Å². The number of carbonyl (C=O) groups excluding carboxylic acids is 1. The van der Waals surface area contributed by atoms with Gasteiger partial charge in [0, 0.05) is 48.7 Å². The predicted octanol–water partition coefficient (Wildman–Crippen LogP) is 5.88. The maximum Gasteiger partial charge on any atom is 0.254 e. The summed E-state index contributed by atoms with van der Waals surface area (Å²) < 4.78 is 8.43. The number of aromatic nitrogens is 2. The molecule has 0 aliphatic carbocycles. The number of carbonyl (C=O) groups is 1. The average molecular weight is 497 g/mol. The summed E-state index contributed by atoms with van der Waals surface area (Å²) in [4.78, 5) is 23.5. The number of imidazole rings is 1. The van der Waals surface area contributed by atoms with E-state index in [4.69, 9.17) is 9.72 Å². The van der Waals surface area contributed by atoms with Crippen LogP contribution in [0.2, 0.25) is 0 Å². The lowest BCUT2D eigenvalue weighted by Gasteiger charge is -2.41. The van der Waals surface area contributed by atoms with Gasteiger partial charge in [0.05, 0.1) is 23.0 Å². The van der Waals surface area contributed by atoms with Crippen molar-refractivity contribution in [2.24, 2.45) is 0 Å². The van der Waals surface area contributed by atoms with Crippen molar-refractivity contribution in [1.82, 2.24) is 14.3 Å². The highest BCUT2D eigenvalue weighted by Gasteiger charge is 2.28. The quantitative estimate of drug-likeness (QED) is 0.312. The predicted molar refractivity (Wildman–Crippen MR) is 146 cm³/mol. The molecular weight excluding hydrogens is 468 g/mol. The van der Waals surface area contributed by atoms with Gasteiger partial charge in [0.25, 0.3) is 5.91 Å². The van der Waals surface area contributed by atoms with Crippen LogP contribution in [0.25, 0.3) is 26.4 Å². The van der Waals surface area contributed by atoms with Crippen LogP contribution in [0.3, 0.4) is 0 Å². The van der Waals surface area contributed by atoms with Crippen LogP contribution in [0.1, 0.15) is 22.8 Å². The molecule has 2 aromatic heterocycles. The Morgan fingerprint density at radius 1 is 1.06 bits per heavy atom. The Labute approximate surface area is 214 Å². The molecule has 1 aliphatic rings. The van der Waals surface area contributed by atoms with Gasteiger partial charge >= 0.3 is 0 Å². The van der Waals surface area contributed by atoms with Gasteiger partial charge in [-0.2, -0.15) is 0 Å². The number of methoxy groups -OCH3 is 1. The molecule has 1 saturated heterocycles. The molecule has 5 aromatic rings. The van der Waals surface area contributed by atoms with Crippen molar-refractivity contribution < 1.29 is 9.53 Å². The molecule has 6 nitrogen and oxygen atoms in total. The first-order valence-electron chi connectivity index (χ1n) is 12.2. The number of amides is 1. The zero-order valence-corrected chi connectivity index (χ0v) is 21.5. The molecule has 3 heterocycles. The number of hydrogen-bond acceptors (Lipinski definition) is 5. The smallest absolute Gasteiger partial charge is 0.254 e. The highest BCUT2D eigenvalue weighted by molar-refractivity contribution is 7.23. The Morgan fingerprint density at radius 3 is 2.64 bits per heavy atom. The fourth-order valence-corrected chi connectivity index (χ4v) is 6.10. The topological polar surface area (TPSA) is 50.1 Å². The van der Waals surface area contributed by atoms with E-state index in [2.05, 4.69) is 53.6 Å². The number of thiazole rings is 1. The number of ether oxygens (including phenoxy) is 1. The van der Waals surface area contributed by atoms with Crippen LogP contribution < -0.4 is 9.64 Å². The van der Waals surface area contributed by atoms with E-state index in [1.54, 1.807) is 18.4 Å². The fraction of sp³-hybridized carbons (Fsp3) is 0.241. The molecule has 1 fully saturated rings. The summed E-state index contributed by atoms with van der Waals surface area (Å²) in [6.07, 6.45) is 2.06. The van der Waals surface area contributed by atoms with Crippen molar-refractivity contribution in [3.8, 4) is 17.0 Å². The number of rotatable bonds is 4. The summed E-state index contributed by atoms with van der Waals surface area (Å²) in [5.74, 6) is 0.922. The minimum atomic E-state index is 0.0950. The second kappa shape index (κ2) is 8.99. The lowest BCUT2D eigenvalue weighted by molar-refractivity contribution is 0.0726. The van der Waals surface area contributed by atoms with Gasteiger partial charge in [-0.15, -0.1) is 0 Å². The summed E-state index contributed by atoms with van der Waals surface area (Å²) >= 11 is 1.61. The number of fused-ring (bicyclic) bond motifs is 3. The number of benzene rings is 3. The maximum absolute atomic E-state index is 13.4. The minimum absolute atomic E-state index is 0.0950. The first kappa shape index (κ1) is 22.6. The average Bonchev–Trinajstić information content (AvgIpc) is 3.46. The van der Waals surface area contributed by atoms with Crippen LogP contribution in [-0.2, 0) is 0 Å². The van der Waals surface area contributed by atoms with Gasteiger partial charge in [-0.25, -0.2) is 4.98 Å². The molecule has 0 radical (unpaired) electrons. The third-order valence-electron chi connectivity index (χ3n) is 6.97. The highest BCUT2D eigenvalue weighted by Crippen LogP contribution is 2.31. The fourth-order valence-electron chi connectivity index (χ4n) is 5.05. The summed E-state index contributed by atoms with van der Waals surface area (Å²) in [6, 6.07) is 22.8. The van der Waals surface area contributed by atoms with E-state index >= 15 is 0 Å². The van der Waals surface area contributed by atoms with E-state index in [-0.39, 0.29) is 11.9 Å². The first-order valence-corrected chi connectivity index (χ1v) is 13.0. The molecular formula is C29H28N4O2S. The highest BCUT2D eigenvalue weighted by atomic mass is 32.1. The number of anilines is 1. The Bertz CT molecular complexity index is 1570. The molecule has 3 aromatic carbocycles. The maximum atomic E-state index is 13.4. The van der Waals surface area contributed by atoms with Crippen LogP contribution in [0.4, 0.5) is 5.69 Å². The first-order chi connectivity index (χ1) is 17.5. The van der Waals surface area contributed by atoms with Gasteiger partial charge in [-0.1, -0.05) is 23.5 Å². The molecule has 6 rings (SSSR count). The summed E-state index contributed by atoms with van der Waals surface area (Å²) in [5, 5.41) is 0. The van der Waals surface area contributed by atoms with E-state index in [9.17, 15) is 4.79 Å². The number of piperazine rings is 1. The Balaban J connectivity index is 1.22. The van der Waals surface area contributed by atoms with Gasteiger partial charge < -0.3 is 14.5 Å². The van der Waals surface area contributed by atoms with E-state index in [0.717, 1.165) is 44.3 Å². The largest absolute Gasteiger partial charge is 0.497 e. The molecule has 1 aliphatic heterocycles. The molecule has 0 spiro atoms. The van der Waals surface area contributed by atoms with Crippen LogP contribution in [-0.4, -0.2) is 53.0 Å². The summed E-state index contributed by atoms with van der Waals surface area (Å²) in [5.41, 5.74) is 6.25. The van der Waals surface area contributed by atoms with Crippen LogP contribution >= 0.6 is 11.3 Å². The van der Waals surface area contributed by atoms with Crippen molar-refractivity contribution in [2.45, 2.75) is 19.9 Å². The number of aryl methyl sites for hydroxylation is 1. The van der Waals surface area contributed by atoms with E-state index in [1.165, 1.54) is 11.3 Å². The monoisotopic (exact) mass is 496 g/mol. The normalized spacial score (nSPS) is 16.1. The molecule has 0 saturated carbocycles. The molecule has 1 amide bonds. The Kier molecular flexibility index (Phi) is 5.64. The van der Waals surface area contributed by atoms with Crippen LogP contribution in [0, 0.1) is 6.92 Å². The van der Waals surface area contributed by atoms with E-state index in [0.29, 0.717) is 13.1 Å². The molecule has 36 heavy (non-hydrogen) atoms. The van der Waals surface area contributed by atoms with Gasteiger partial charge in [0.2, 0.25) is 0 Å². The van der Waals surface area contributed by atoms with E-state index in [1.807, 2.05) is 47.4 Å². The van der Waals surface area contributed by atoms with Crippen molar-refractivity contribution in [2.75, 3.05) is 31.6 Å². The lowest BCUT2D eigenvalue weighted by Crippen LogP contribution is -2.53. The molecule has 0 unspecified atom stereocenters. The SMILES string of the molecule is COc1ccc(-c2cn3c(n2)sc2cc(C(=O)N4CCN(c5cccc(C)c5)[C@@H](C)C4)ccc23)cc1. The number of nitrogens with zero attached hydrogens (tertiary/aromatic N) is 4. The van der Waals surface area contributed by atoms with Gasteiger partial charge in [0.1, 0.15) is 5.75 Å². The third kappa shape index (κ3) is 3.99. The summed E-state index contributed by atoms with van der Waals surface area (Å²) in [7, 11) is 1.67. The molecule has 0 N–H and O–H groups in total. The summed E-state index contributed by atoms with van der Waals surface area (Å²) in [6.45, 7) is 6.57. The standard InChI is InChI=1S/C29H28N4O2S/c1-19-5-4-6-23(15-19)32-14-13-31(17-20(32)2)28(34)22-9-12-26-27(16-22)36-29-30-25(18-33(26)29)21-7-10-24(35-3)11-8-21/h4-12,15-16,18,20H,13-14,17H2,1-3H3/t20-/m0/s1. The minimum Gasteiger partial charge on any atom is -0.497 e. The van der Waals surface area contributed by atoms with Gasteiger partial charge in [-0.05, 0) is 74.0 Å². The second-order valence-electron chi connectivity index (χ2n) is 9.42. The zero-order chi connectivity index (χ0) is 24.8. The zero-order valence-electron chi connectivity index (χ0n) is 20.6. The Hall–Kier alpha value is -3.84. The van der Waals surface area contributed by atoms with Crippen LogP contribution in [0.15, 0.2) is 72.9 Å². The molecule has 0 bridgehead atoms. The van der Waals surface area contributed by atoms with Gasteiger partial charge in [-0.3, -0.25) is 9.20 Å². The molecule has 1 atom stereocenters. The van der Waals surface area contributed by atoms with Crippen molar-refractivity contribution in [3.05, 3.63) is 84.1 Å². The second-order valence-corrected chi connectivity index (χ2v) is 10.4. The Morgan fingerprint density at radius 2 is 1.89 bits per heavy atom. The van der Waals surface area contributed by atoms with Crippen molar-refractivity contribution >= 4 is 38.1 Å². The van der Waals surface area contributed by atoms with Gasteiger partial charge in [0.15, 0.2) is 4.96 Å².